The fourth-order valence-electron chi connectivity index (χ4n) is 3.11. The van der Waals surface area contributed by atoms with Crippen molar-refractivity contribution in [1.82, 2.24) is 15.0 Å². The number of morpholine rings is 1. The van der Waals surface area contributed by atoms with Crippen LogP contribution in [0.3, 0.4) is 0 Å². The molecule has 9 heteroatoms. The molecule has 2 heterocycles. The van der Waals surface area contributed by atoms with Crippen LogP contribution in [-0.2, 0) is 4.74 Å². The Labute approximate surface area is 186 Å². The van der Waals surface area contributed by atoms with Crippen LogP contribution >= 0.6 is 11.6 Å². The lowest BCUT2D eigenvalue weighted by Crippen LogP contribution is -2.37. The van der Waals surface area contributed by atoms with E-state index in [1.165, 1.54) is 0 Å². The van der Waals surface area contributed by atoms with Crippen molar-refractivity contribution in [3.05, 3.63) is 53.1 Å². The second-order valence-electron chi connectivity index (χ2n) is 7.05. The maximum atomic E-state index is 6.27. The molecule has 1 fully saturated rings. The molecule has 2 N–H and O–H groups in total. The number of ether oxygens (including phenoxy) is 2. The molecular formula is C22H25ClN6O2. The van der Waals surface area contributed by atoms with E-state index in [0.717, 1.165) is 35.8 Å². The summed E-state index contributed by atoms with van der Waals surface area (Å²) in [6.45, 7) is 7.28. The molecule has 31 heavy (non-hydrogen) atoms. The van der Waals surface area contributed by atoms with Gasteiger partial charge in [0, 0.05) is 29.5 Å². The van der Waals surface area contributed by atoms with Gasteiger partial charge in [0.1, 0.15) is 5.75 Å². The Bertz CT molecular complexity index is 1030. The average Bonchev–Trinajstić information content (AvgIpc) is 2.78. The molecule has 0 aliphatic carbocycles. The fourth-order valence-corrected chi connectivity index (χ4v) is 3.29. The molecule has 8 nitrogen and oxygen atoms in total. The van der Waals surface area contributed by atoms with Gasteiger partial charge < -0.3 is 25.0 Å². The number of hydrogen-bond acceptors (Lipinski definition) is 8. The van der Waals surface area contributed by atoms with Gasteiger partial charge in [0.05, 0.1) is 19.8 Å². The summed E-state index contributed by atoms with van der Waals surface area (Å²) in [5, 5.41) is 7.18. The second kappa shape index (κ2) is 9.80. The number of aryl methyl sites for hydroxylation is 1. The van der Waals surface area contributed by atoms with E-state index in [1.807, 2.05) is 56.3 Å². The molecule has 0 radical (unpaired) electrons. The summed E-state index contributed by atoms with van der Waals surface area (Å²) >= 11 is 6.27. The van der Waals surface area contributed by atoms with Crippen molar-refractivity contribution in [1.29, 1.82) is 0 Å². The first-order valence-electron chi connectivity index (χ1n) is 10.2. The van der Waals surface area contributed by atoms with Gasteiger partial charge in [0.15, 0.2) is 0 Å². The third-order valence-corrected chi connectivity index (χ3v) is 5.17. The predicted octanol–water partition coefficient (Wildman–Crippen LogP) is 4.56. The summed E-state index contributed by atoms with van der Waals surface area (Å²) in [4.78, 5) is 15.9. The van der Waals surface area contributed by atoms with Gasteiger partial charge in [-0.2, -0.15) is 15.0 Å². The van der Waals surface area contributed by atoms with E-state index < -0.39 is 0 Å². The highest BCUT2D eigenvalue weighted by molar-refractivity contribution is 6.31. The molecule has 3 aromatic rings. The summed E-state index contributed by atoms with van der Waals surface area (Å²) in [6.07, 6.45) is 0. The quantitative estimate of drug-likeness (QED) is 0.553. The Balaban J connectivity index is 1.61. The Kier molecular flexibility index (Phi) is 6.69. The molecule has 2 aromatic carbocycles. The molecule has 4 rings (SSSR count). The normalized spacial score (nSPS) is 13.7. The van der Waals surface area contributed by atoms with Gasteiger partial charge >= 0.3 is 0 Å². The number of rotatable bonds is 7. The van der Waals surface area contributed by atoms with Crippen molar-refractivity contribution in [2.45, 2.75) is 13.8 Å². The number of hydrogen-bond donors (Lipinski definition) is 2. The van der Waals surface area contributed by atoms with Crippen LogP contribution in [0.1, 0.15) is 12.5 Å². The van der Waals surface area contributed by atoms with Gasteiger partial charge in [-0.25, -0.2) is 0 Å². The summed E-state index contributed by atoms with van der Waals surface area (Å²) in [7, 11) is 0. The van der Waals surface area contributed by atoms with E-state index in [0.29, 0.717) is 42.7 Å². The van der Waals surface area contributed by atoms with Gasteiger partial charge in [-0.1, -0.05) is 17.7 Å². The van der Waals surface area contributed by atoms with Crippen LogP contribution in [0.5, 0.6) is 5.75 Å². The third kappa shape index (κ3) is 5.53. The monoisotopic (exact) mass is 440 g/mol. The predicted molar refractivity (Wildman–Crippen MR) is 123 cm³/mol. The van der Waals surface area contributed by atoms with Crippen LogP contribution in [0.4, 0.5) is 29.2 Å². The number of anilines is 5. The lowest BCUT2D eigenvalue weighted by atomic mass is 10.2. The zero-order valence-electron chi connectivity index (χ0n) is 17.6. The molecule has 1 aromatic heterocycles. The summed E-state index contributed by atoms with van der Waals surface area (Å²) < 4.78 is 11.0. The van der Waals surface area contributed by atoms with E-state index in [-0.39, 0.29) is 0 Å². The molecule has 1 saturated heterocycles. The van der Waals surface area contributed by atoms with E-state index in [4.69, 9.17) is 21.1 Å². The molecule has 0 spiro atoms. The molecule has 0 bridgehead atoms. The minimum atomic E-state index is 0.435. The van der Waals surface area contributed by atoms with Crippen molar-refractivity contribution in [3.8, 4) is 5.75 Å². The van der Waals surface area contributed by atoms with Gasteiger partial charge in [0.2, 0.25) is 17.8 Å². The lowest BCUT2D eigenvalue weighted by molar-refractivity contribution is 0.122. The van der Waals surface area contributed by atoms with Gasteiger partial charge in [-0.05, 0) is 55.8 Å². The van der Waals surface area contributed by atoms with Crippen LogP contribution in [-0.4, -0.2) is 47.9 Å². The Morgan fingerprint density at radius 3 is 2.26 bits per heavy atom. The number of benzene rings is 2. The second-order valence-corrected chi connectivity index (χ2v) is 7.46. The van der Waals surface area contributed by atoms with Gasteiger partial charge in [-0.3, -0.25) is 0 Å². The molecule has 1 aliphatic heterocycles. The largest absolute Gasteiger partial charge is 0.494 e. The highest BCUT2D eigenvalue weighted by Gasteiger charge is 2.17. The molecule has 1 aliphatic rings. The number of nitrogens with one attached hydrogen (secondary N) is 2. The summed E-state index contributed by atoms with van der Waals surface area (Å²) in [5.41, 5.74) is 2.67. The first-order chi connectivity index (χ1) is 15.1. The van der Waals surface area contributed by atoms with Crippen LogP contribution in [0.15, 0.2) is 42.5 Å². The number of nitrogens with zero attached hydrogens (tertiary/aromatic N) is 4. The molecule has 0 saturated carbocycles. The van der Waals surface area contributed by atoms with Gasteiger partial charge in [0.25, 0.3) is 0 Å². The van der Waals surface area contributed by atoms with Gasteiger partial charge in [-0.15, -0.1) is 0 Å². The van der Waals surface area contributed by atoms with Crippen molar-refractivity contribution >= 4 is 40.8 Å². The number of aromatic nitrogens is 3. The van der Waals surface area contributed by atoms with Crippen molar-refractivity contribution in [2.24, 2.45) is 0 Å². The SMILES string of the molecule is CCOc1ccc(Nc2nc(Nc3ccc(C)c(Cl)c3)nc(N3CCOCC3)n2)cc1. The van der Waals surface area contributed by atoms with Crippen LogP contribution in [0.2, 0.25) is 5.02 Å². The lowest BCUT2D eigenvalue weighted by Gasteiger charge is -2.27. The maximum Gasteiger partial charge on any atom is 0.233 e. The molecule has 0 amide bonds. The van der Waals surface area contributed by atoms with E-state index in [2.05, 4.69) is 30.5 Å². The maximum absolute atomic E-state index is 6.27. The van der Waals surface area contributed by atoms with Crippen molar-refractivity contribution < 1.29 is 9.47 Å². The fraction of sp³-hybridized carbons (Fsp3) is 0.318. The van der Waals surface area contributed by atoms with E-state index >= 15 is 0 Å². The molecular weight excluding hydrogens is 416 g/mol. The number of halogens is 1. The summed E-state index contributed by atoms with van der Waals surface area (Å²) in [5.74, 6) is 2.29. The Morgan fingerprint density at radius 2 is 1.61 bits per heavy atom. The standard InChI is InChI=1S/C22H25ClN6O2/c1-3-31-18-8-6-16(7-9-18)24-20-26-21(25-17-5-4-15(2)19(23)14-17)28-22(27-20)29-10-12-30-13-11-29/h4-9,14H,3,10-13H2,1-2H3,(H2,24,25,26,27,28). The molecule has 0 unspecified atom stereocenters. The first kappa shape index (κ1) is 21.1. The smallest absolute Gasteiger partial charge is 0.233 e. The average molecular weight is 441 g/mol. The first-order valence-corrected chi connectivity index (χ1v) is 10.6. The topological polar surface area (TPSA) is 84.4 Å². The minimum absolute atomic E-state index is 0.435. The Morgan fingerprint density at radius 1 is 0.968 bits per heavy atom. The molecule has 162 valence electrons. The zero-order chi connectivity index (χ0) is 21.6. The Hall–Kier alpha value is -3.10. The third-order valence-electron chi connectivity index (χ3n) is 4.77. The molecule has 0 atom stereocenters. The van der Waals surface area contributed by atoms with Crippen molar-refractivity contribution in [2.75, 3.05) is 48.4 Å². The van der Waals surface area contributed by atoms with Crippen LogP contribution < -0.4 is 20.3 Å². The highest BCUT2D eigenvalue weighted by atomic mass is 35.5. The minimum Gasteiger partial charge on any atom is -0.494 e. The summed E-state index contributed by atoms with van der Waals surface area (Å²) in [6, 6.07) is 13.4. The van der Waals surface area contributed by atoms with Crippen LogP contribution in [0.25, 0.3) is 0 Å². The van der Waals surface area contributed by atoms with Crippen molar-refractivity contribution in [3.63, 3.8) is 0 Å². The van der Waals surface area contributed by atoms with Crippen LogP contribution in [0, 0.1) is 6.92 Å². The van der Waals surface area contributed by atoms with E-state index in [1.54, 1.807) is 0 Å². The zero-order valence-corrected chi connectivity index (χ0v) is 18.3. The highest BCUT2D eigenvalue weighted by Crippen LogP contribution is 2.25. The van der Waals surface area contributed by atoms with E-state index in [9.17, 15) is 0 Å².